The monoisotopic (exact) mass is 411 g/mol. The summed E-state index contributed by atoms with van der Waals surface area (Å²) in [5.74, 6) is 0.800. The second-order valence-corrected chi connectivity index (χ2v) is 7.32. The molecule has 3 rings (SSSR count). The van der Waals surface area contributed by atoms with Gasteiger partial charge in [0.25, 0.3) is 5.91 Å². The lowest BCUT2D eigenvalue weighted by atomic mass is 10.1. The van der Waals surface area contributed by atoms with Crippen molar-refractivity contribution >= 4 is 17.3 Å². The molecule has 0 aliphatic carbocycles. The molecule has 0 atom stereocenters. The molecule has 7 heteroatoms. The lowest BCUT2D eigenvalue weighted by Gasteiger charge is -2.28. The van der Waals surface area contributed by atoms with Crippen molar-refractivity contribution in [3.8, 4) is 11.5 Å². The Bertz CT molecular complexity index is 888. The second kappa shape index (κ2) is 10.1. The molecule has 0 aromatic heterocycles. The summed E-state index contributed by atoms with van der Waals surface area (Å²) in [6.07, 6.45) is 0.0143. The van der Waals surface area contributed by atoms with Gasteiger partial charge >= 0.3 is 0 Å². The van der Waals surface area contributed by atoms with E-state index in [9.17, 15) is 4.79 Å². The standard InChI is InChI=1S/C23H29N3O4/c1-16(2)30-21-10-7-19(15-22(21)28-4)23(27)25-24-17(3)18-5-8-20(9-6-18)26-11-13-29-14-12-26/h5-10,15-16H,11-14H2,1-4H3,(H,25,27)/b24-17-. The van der Waals surface area contributed by atoms with Gasteiger partial charge in [-0.2, -0.15) is 5.10 Å². The van der Waals surface area contributed by atoms with Crippen LogP contribution in [0, 0.1) is 0 Å². The maximum Gasteiger partial charge on any atom is 0.271 e. The molecule has 2 aromatic rings. The number of benzene rings is 2. The number of carbonyl (C=O) groups is 1. The minimum absolute atomic E-state index is 0.0143. The summed E-state index contributed by atoms with van der Waals surface area (Å²) in [4.78, 5) is 14.8. The Morgan fingerprint density at radius 3 is 2.37 bits per heavy atom. The van der Waals surface area contributed by atoms with Crippen molar-refractivity contribution in [2.24, 2.45) is 5.10 Å². The number of nitrogens with zero attached hydrogens (tertiary/aromatic N) is 2. The first-order chi connectivity index (χ1) is 14.5. The Kier molecular flexibility index (Phi) is 7.30. The Balaban J connectivity index is 1.65. The Morgan fingerprint density at radius 2 is 1.73 bits per heavy atom. The Morgan fingerprint density at radius 1 is 1.07 bits per heavy atom. The van der Waals surface area contributed by atoms with Crippen molar-refractivity contribution < 1.29 is 19.0 Å². The molecule has 1 aliphatic rings. The highest BCUT2D eigenvalue weighted by atomic mass is 16.5. The highest BCUT2D eigenvalue weighted by Crippen LogP contribution is 2.29. The molecule has 160 valence electrons. The van der Waals surface area contributed by atoms with Crippen LogP contribution in [0.5, 0.6) is 11.5 Å². The van der Waals surface area contributed by atoms with E-state index in [0.29, 0.717) is 17.1 Å². The molecule has 0 spiro atoms. The predicted octanol–water partition coefficient (Wildman–Crippen LogP) is 3.47. The quantitative estimate of drug-likeness (QED) is 0.558. The summed E-state index contributed by atoms with van der Waals surface area (Å²) in [6.45, 7) is 9.04. The molecule has 1 aliphatic heterocycles. The summed E-state index contributed by atoms with van der Waals surface area (Å²) in [5, 5.41) is 4.25. The molecule has 2 aromatic carbocycles. The van der Waals surface area contributed by atoms with Crippen LogP contribution < -0.4 is 19.8 Å². The van der Waals surface area contributed by atoms with E-state index in [1.165, 1.54) is 0 Å². The molecule has 30 heavy (non-hydrogen) atoms. The highest BCUT2D eigenvalue weighted by Gasteiger charge is 2.13. The van der Waals surface area contributed by atoms with Crippen molar-refractivity contribution in [3.05, 3.63) is 53.6 Å². The van der Waals surface area contributed by atoms with Crippen LogP contribution in [0.1, 0.15) is 36.7 Å². The Hall–Kier alpha value is -3.06. The minimum Gasteiger partial charge on any atom is -0.493 e. The van der Waals surface area contributed by atoms with Gasteiger partial charge in [-0.1, -0.05) is 12.1 Å². The topological polar surface area (TPSA) is 72.4 Å². The third-order valence-electron chi connectivity index (χ3n) is 4.77. The molecule has 1 N–H and O–H groups in total. The zero-order chi connectivity index (χ0) is 21.5. The predicted molar refractivity (Wildman–Crippen MR) is 118 cm³/mol. The molecule has 1 fully saturated rings. The number of hydrogen-bond acceptors (Lipinski definition) is 6. The number of carbonyl (C=O) groups excluding carboxylic acids is 1. The van der Waals surface area contributed by atoms with E-state index in [1.807, 2.05) is 32.9 Å². The van der Waals surface area contributed by atoms with Gasteiger partial charge in [-0.05, 0) is 56.7 Å². The van der Waals surface area contributed by atoms with Crippen molar-refractivity contribution in [2.45, 2.75) is 26.9 Å². The number of anilines is 1. The van der Waals surface area contributed by atoms with Crippen LogP contribution in [0.15, 0.2) is 47.6 Å². The van der Waals surface area contributed by atoms with E-state index >= 15 is 0 Å². The third kappa shape index (κ3) is 5.51. The van der Waals surface area contributed by atoms with Gasteiger partial charge in [0.2, 0.25) is 0 Å². The lowest BCUT2D eigenvalue weighted by molar-refractivity contribution is 0.0954. The number of rotatable bonds is 7. The second-order valence-electron chi connectivity index (χ2n) is 7.32. The Labute approximate surface area is 177 Å². The lowest BCUT2D eigenvalue weighted by Crippen LogP contribution is -2.36. The van der Waals surface area contributed by atoms with Gasteiger partial charge in [0, 0.05) is 24.3 Å². The van der Waals surface area contributed by atoms with Gasteiger partial charge in [-0.3, -0.25) is 4.79 Å². The molecule has 0 saturated carbocycles. The van der Waals surface area contributed by atoms with Crippen molar-refractivity contribution in [1.29, 1.82) is 0 Å². The highest BCUT2D eigenvalue weighted by molar-refractivity contribution is 6.01. The summed E-state index contributed by atoms with van der Waals surface area (Å²) < 4.78 is 16.4. The van der Waals surface area contributed by atoms with Crippen LogP contribution in [0.25, 0.3) is 0 Å². The van der Waals surface area contributed by atoms with Gasteiger partial charge in [0.15, 0.2) is 11.5 Å². The van der Waals surface area contributed by atoms with E-state index in [4.69, 9.17) is 14.2 Å². The van der Waals surface area contributed by atoms with E-state index < -0.39 is 0 Å². The number of amides is 1. The van der Waals surface area contributed by atoms with Gasteiger partial charge in [-0.15, -0.1) is 0 Å². The van der Waals surface area contributed by atoms with Crippen LogP contribution in [-0.4, -0.2) is 51.1 Å². The van der Waals surface area contributed by atoms with Crippen LogP contribution in [-0.2, 0) is 4.74 Å². The van der Waals surface area contributed by atoms with Gasteiger partial charge in [0.05, 0.1) is 32.1 Å². The molecule has 0 unspecified atom stereocenters. The van der Waals surface area contributed by atoms with E-state index in [2.05, 4.69) is 27.6 Å². The van der Waals surface area contributed by atoms with Crippen molar-refractivity contribution in [2.75, 3.05) is 38.3 Å². The number of hydrogen-bond donors (Lipinski definition) is 1. The van der Waals surface area contributed by atoms with Crippen LogP contribution in [0.2, 0.25) is 0 Å². The van der Waals surface area contributed by atoms with Gasteiger partial charge in [0.1, 0.15) is 0 Å². The molecule has 0 bridgehead atoms. The largest absolute Gasteiger partial charge is 0.493 e. The maximum atomic E-state index is 12.5. The van der Waals surface area contributed by atoms with E-state index in [1.54, 1.807) is 25.3 Å². The number of nitrogens with one attached hydrogen (secondary N) is 1. The number of methoxy groups -OCH3 is 1. The number of hydrazone groups is 1. The first-order valence-electron chi connectivity index (χ1n) is 10.1. The first-order valence-corrected chi connectivity index (χ1v) is 10.1. The zero-order valence-electron chi connectivity index (χ0n) is 18.0. The average molecular weight is 412 g/mol. The number of morpholine rings is 1. The van der Waals surface area contributed by atoms with Crippen molar-refractivity contribution in [3.63, 3.8) is 0 Å². The summed E-state index contributed by atoms with van der Waals surface area (Å²) >= 11 is 0. The van der Waals surface area contributed by atoms with Crippen LogP contribution in [0.3, 0.4) is 0 Å². The molecular formula is C23H29N3O4. The molecule has 7 nitrogen and oxygen atoms in total. The zero-order valence-corrected chi connectivity index (χ0v) is 18.0. The third-order valence-corrected chi connectivity index (χ3v) is 4.77. The molecular weight excluding hydrogens is 382 g/mol. The fourth-order valence-electron chi connectivity index (χ4n) is 3.16. The van der Waals surface area contributed by atoms with E-state index in [0.717, 1.165) is 43.3 Å². The summed E-state index contributed by atoms with van der Waals surface area (Å²) in [7, 11) is 1.55. The van der Waals surface area contributed by atoms with Gasteiger partial charge in [-0.25, -0.2) is 5.43 Å². The fourth-order valence-corrected chi connectivity index (χ4v) is 3.16. The maximum absolute atomic E-state index is 12.5. The smallest absolute Gasteiger partial charge is 0.271 e. The SMILES string of the molecule is COc1cc(C(=O)N/N=C(/C)c2ccc(N3CCOCC3)cc2)ccc1OC(C)C. The summed E-state index contributed by atoms with van der Waals surface area (Å²) in [5.41, 5.74) is 5.90. The van der Waals surface area contributed by atoms with Crippen molar-refractivity contribution in [1.82, 2.24) is 5.43 Å². The normalized spacial score (nSPS) is 14.6. The molecule has 1 heterocycles. The van der Waals surface area contributed by atoms with Gasteiger partial charge < -0.3 is 19.1 Å². The fraction of sp³-hybridized carbons (Fsp3) is 0.391. The molecule has 1 amide bonds. The van der Waals surface area contributed by atoms with Crippen LogP contribution in [0.4, 0.5) is 5.69 Å². The summed E-state index contributed by atoms with van der Waals surface area (Å²) in [6, 6.07) is 13.2. The van der Waals surface area contributed by atoms with Crippen LogP contribution >= 0.6 is 0 Å². The first kappa shape index (κ1) is 21.6. The average Bonchev–Trinajstić information content (AvgIpc) is 2.77. The molecule has 0 radical (unpaired) electrons. The van der Waals surface area contributed by atoms with E-state index in [-0.39, 0.29) is 12.0 Å². The minimum atomic E-state index is -0.311. The number of ether oxygens (including phenoxy) is 3. The molecule has 1 saturated heterocycles.